The van der Waals surface area contributed by atoms with Gasteiger partial charge in [-0.05, 0) is 123 Å². The molecule has 0 aromatic heterocycles. The summed E-state index contributed by atoms with van der Waals surface area (Å²) in [4.78, 5) is 10.4. The van der Waals surface area contributed by atoms with Crippen molar-refractivity contribution in [1.29, 1.82) is 0 Å². The fourth-order valence-corrected chi connectivity index (χ4v) is 7.52. The van der Waals surface area contributed by atoms with Crippen LogP contribution >= 0.6 is 33.8 Å². The summed E-state index contributed by atoms with van der Waals surface area (Å²) in [5.74, 6) is 0. The van der Waals surface area contributed by atoms with Crippen LogP contribution in [0.3, 0.4) is 0 Å². The standard InChI is InChI=1S/C10H22FO6PS.C9H21O4P.C6H15N.C3H9P.CClF3O2S.CH2O.CH4/c1-9(2,3)16-18(12,17-10(4,5)6)8-15-19(13,14)7-11;1-8(2,3)12-14(11,7-10)13-9(4,5)6;1-4-7(5-2)6-3;1-4(2)3;2-8(6,7)1(3,4)5;1-2;/h7-8H2,1-6H3;10H,7H2,1-6H3;4-6H2,1-3H3;1-3H3;;1H2;1H4. The molecule has 0 aromatic carbocycles. The van der Waals surface area contributed by atoms with Crippen LogP contribution in [0, 0.1) is 0 Å². The number of halogens is 5. The molecule has 342 valence electrons. The van der Waals surface area contributed by atoms with Gasteiger partial charge in [-0.15, -0.1) is 7.92 Å². The van der Waals surface area contributed by atoms with E-state index in [1.54, 1.807) is 83.1 Å². The topological polar surface area (TPSA) is 189 Å². The largest absolute Gasteiger partial charge is 0.511 e. The van der Waals surface area contributed by atoms with Crippen molar-refractivity contribution in [3.05, 3.63) is 0 Å². The van der Waals surface area contributed by atoms with Gasteiger partial charge in [-0.1, -0.05) is 28.2 Å². The van der Waals surface area contributed by atoms with Gasteiger partial charge in [0, 0.05) is 10.7 Å². The van der Waals surface area contributed by atoms with Crippen molar-refractivity contribution in [2.24, 2.45) is 0 Å². The molecule has 24 heteroatoms. The number of alkyl halides is 4. The molecule has 0 saturated carbocycles. The molecule has 0 unspecified atom stereocenters. The fourth-order valence-electron chi connectivity index (χ4n) is 2.66. The highest BCUT2D eigenvalue weighted by Crippen LogP contribution is 2.55. The van der Waals surface area contributed by atoms with E-state index in [1.165, 1.54) is 19.6 Å². The predicted molar refractivity (Wildman–Crippen MR) is 219 cm³/mol. The Labute approximate surface area is 336 Å². The van der Waals surface area contributed by atoms with Crippen LogP contribution in [-0.4, -0.2) is 120 Å². The normalized spacial score (nSPS) is 12.8. The summed E-state index contributed by atoms with van der Waals surface area (Å²) in [5.41, 5.74) is -8.17. The van der Waals surface area contributed by atoms with Crippen LogP contribution in [0.4, 0.5) is 17.6 Å². The number of rotatable bonds is 12. The smallest absolute Gasteiger partial charge is 0.384 e. The zero-order chi connectivity index (χ0) is 45.4. The van der Waals surface area contributed by atoms with Gasteiger partial charge in [0.05, 0.1) is 22.4 Å². The van der Waals surface area contributed by atoms with E-state index in [2.05, 4.69) is 60.5 Å². The molecular formula is C31H73ClF4NO13P3S2. The summed E-state index contributed by atoms with van der Waals surface area (Å²) >= 11 is 0. The molecule has 0 aliphatic rings. The third-order valence-electron chi connectivity index (χ3n) is 3.97. The number of carbonyl (C=O) groups excluding carboxylic acids is 1. The fraction of sp³-hybridized carbons (Fsp3) is 0.968. The van der Waals surface area contributed by atoms with Gasteiger partial charge in [0.1, 0.15) is 13.1 Å². The van der Waals surface area contributed by atoms with Crippen LogP contribution in [0.15, 0.2) is 0 Å². The number of aliphatic hydroxyl groups is 1. The van der Waals surface area contributed by atoms with E-state index in [4.69, 9.17) is 28.0 Å². The molecule has 0 fully saturated rings. The number of aliphatic hydroxyl groups excluding tert-OH is 1. The minimum Gasteiger partial charge on any atom is -0.384 e. The van der Waals surface area contributed by atoms with Crippen LogP contribution in [0.1, 0.15) is 111 Å². The molecule has 0 bridgehead atoms. The Hall–Kier alpha value is 0.190. The first-order valence-corrected chi connectivity index (χ1v) is 26.2. The maximum atomic E-state index is 12.5. The van der Waals surface area contributed by atoms with Gasteiger partial charge < -0.3 is 32.9 Å². The minimum absolute atomic E-state index is 0. The highest BCUT2D eigenvalue weighted by molar-refractivity contribution is 8.14. The third kappa shape index (κ3) is 54.2. The molecule has 0 atom stereocenters. The van der Waals surface area contributed by atoms with Gasteiger partial charge in [0.2, 0.25) is 6.01 Å². The van der Waals surface area contributed by atoms with Crippen molar-refractivity contribution in [2.75, 3.05) is 58.3 Å². The zero-order valence-electron chi connectivity index (χ0n) is 35.3. The maximum absolute atomic E-state index is 12.5. The lowest BCUT2D eigenvalue weighted by Crippen LogP contribution is -2.26. The second-order valence-electron chi connectivity index (χ2n) is 14.9. The summed E-state index contributed by atoms with van der Waals surface area (Å²) in [6.07, 6.45) is -1.45. The third-order valence-corrected chi connectivity index (χ3v) is 10.1. The van der Waals surface area contributed by atoms with Gasteiger partial charge in [0.15, 0.2) is 6.35 Å². The molecule has 1 N–H and O–H groups in total. The lowest BCUT2D eigenvalue weighted by molar-refractivity contribution is -0.0980. The van der Waals surface area contributed by atoms with E-state index in [0.29, 0.717) is 7.92 Å². The van der Waals surface area contributed by atoms with Crippen LogP contribution in [-0.2, 0) is 55.4 Å². The summed E-state index contributed by atoms with van der Waals surface area (Å²) < 4.78 is 135. The van der Waals surface area contributed by atoms with E-state index in [-0.39, 0.29) is 7.43 Å². The Morgan fingerprint density at radius 1 is 0.673 bits per heavy atom. The zero-order valence-corrected chi connectivity index (χ0v) is 40.4. The highest BCUT2D eigenvalue weighted by atomic mass is 35.7. The first kappa shape index (κ1) is 69.8. The molecular weight excluding hydrogens is 863 g/mol. The molecule has 0 aliphatic heterocycles. The van der Waals surface area contributed by atoms with Crippen LogP contribution in [0.2, 0.25) is 0 Å². The lowest BCUT2D eigenvalue weighted by Gasteiger charge is -2.31. The van der Waals surface area contributed by atoms with Crippen LogP contribution < -0.4 is 0 Å². The summed E-state index contributed by atoms with van der Waals surface area (Å²) in [6, 6.07) is -1.70. The van der Waals surface area contributed by atoms with Crippen molar-refractivity contribution >= 4 is 59.8 Å². The highest BCUT2D eigenvalue weighted by Gasteiger charge is 2.44. The Kier molecular flexibility index (Phi) is 38.4. The number of carbonyl (C=O) groups is 1. The van der Waals surface area contributed by atoms with E-state index in [1.807, 2.05) is 6.79 Å². The minimum atomic E-state index is -5.37. The molecule has 14 nitrogen and oxygen atoms in total. The average molecular weight is 936 g/mol. The molecule has 0 radical (unpaired) electrons. The van der Waals surface area contributed by atoms with Crippen molar-refractivity contribution in [1.82, 2.24) is 4.90 Å². The molecule has 0 aromatic rings. The van der Waals surface area contributed by atoms with Crippen LogP contribution in [0.5, 0.6) is 0 Å². The maximum Gasteiger partial charge on any atom is 0.511 e. The lowest BCUT2D eigenvalue weighted by atomic mass is 10.2. The number of nitrogens with zero attached hydrogens (tertiary/aromatic N) is 1. The number of hydrogen-bond donors (Lipinski definition) is 1. The van der Waals surface area contributed by atoms with E-state index < -0.39 is 81.0 Å². The molecule has 0 aliphatic carbocycles. The molecule has 0 amide bonds. The quantitative estimate of drug-likeness (QED) is 0.0842. The Balaban J connectivity index is -0.000000112. The summed E-state index contributed by atoms with van der Waals surface area (Å²) in [7, 11) is -12.7. The monoisotopic (exact) mass is 935 g/mol. The first-order valence-electron chi connectivity index (χ1n) is 16.2. The molecule has 0 saturated heterocycles. The Morgan fingerprint density at radius 3 is 1.02 bits per heavy atom. The first-order chi connectivity index (χ1) is 23.5. The van der Waals surface area contributed by atoms with E-state index in [0.717, 1.165) is 0 Å². The Morgan fingerprint density at radius 2 is 0.891 bits per heavy atom. The molecule has 55 heavy (non-hydrogen) atoms. The van der Waals surface area contributed by atoms with Crippen LogP contribution in [0.25, 0.3) is 0 Å². The van der Waals surface area contributed by atoms with Gasteiger partial charge in [0.25, 0.3) is 10.1 Å². The number of hydrogen-bond acceptors (Lipinski definition) is 14. The second kappa shape index (κ2) is 30.3. The van der Waals surface area contributed by atoms with E-state index in [9.17, 15) is 43.5 Å². The van der Waals surface area contributed by atoms with Crippen molar-refractivity contribution in [3.63, 3.8) is 0 Å². The molecule has 0 heterocycles. The van der Waals surface area contributed by atoms with Gasteiger partial charge in [-0.2, -0.15) is 21.6 Å². The Bertz CT molecular complexity index is 1230. The SMILES string of the molecule is C.C=O.CC(C)(C)OP(=O)(CO)OC(C)(C)C.CC(C)(C)OP(=O)(COS(=O)(=O)CF)OC(C)(C)C.CCN(CC)CC.CP(C)C.O=S(=O)(Cl)C(F)(F)F. The van der Waals surface area contributed by atoms with Crippen molar-refractivity contribution in [2.45, 2.75) is 139 Å². The summed E-state index contributed by atoms with van der Waals surface area (Å²) in [5, 5.41) is 9.00. The van der Waals surface area contributed by atoms with Gasteiger partial charge in [-0.3, -0.25) is 13.3 Å². The summed E-state index contributed by atoms with van der Waals surface area (Å²) in [6.45, 7) is 39.2. The van der Waals surface area contributed by atoms with Crippen molar-refractivity contribution < 1.29 is 75.7 Å². The van der Waals surface area contributed by atoms with E-state index >= 15 is 0 Å². The molecule has 0 spiro atoms. The van der Waals surface area contributed by atoms with Gasteiger partial charge in [-0.25, -0.2) is 12.8 Å². The van der Waals surface area contributed by atoms with Gasteiger partial charge >= 0.3 is 29.8 Å². The second-order valence-corrected chi connectivity index (χ2v) is 25.5. The predicted octanol–water partition coefficient (Wildman–Crippen LogP) is 10.0. The van der Waals surface area contributed by atoms with Crippen molar-refractivity contribution in [3.8, 4) is 0 Å². The molecule has 0 rings (SSSR count). The average Bonchev–Trinajstić information content (AvgIpc) is 2.90.